The van der Waals surface area contributed by atoms with Gasteiger partial charge in [-0.05, 0) is 28.1 Å². The predicted octanol–water partition coefficient (Wildman–Crippen LogP) is 0.918. The molecule has 0 bridgehead atoms. The molecule has 1 aromatic rings. The van der Waals surface area contributed by atoms with E-state index in [1.54, 1.807) is 0 Å². The first-order valence-electron chi connectivity index (χ1n) is 3.59. The van der Waals surface area contributed by atoms with E-state index in [1.165, 1.54) is 5.12 Å². The molecule has 13 heavy (non-hydrogen) atoms. The number of nitrogens with zero attached hydrogens (tertiary/aromatic N) is 2. The second-order valence-electron chi connectivity index (χ2n) is 2.42. The van der Waals surface area contributed by atoms with Gasteiger partial charge in [0.2, 0.25) is 0 Å². The normalized spacial score (nSPS) is 15.5. The van der Waals surface area contributed by atoms with E-state index in [4.69, 9.17) is 0 Å². The van der Waals surface area contributed by atoms with Crippen molar-refractivity contribution in [3.63, 3.8) is 0 Å². The lowest BCUT2D eigenvalue weighted by atomic mass is 10.3. The summed E-state index contributed by atoms with van der Waals surface area (Å²) < 4.78 is 0.875. The zero-order valence-electron chi connectivity index (χ0n) is 6.49. The summed E-state index contributed by atoms with van der Waals surface area (Å²) >= 11 is 3.35. The molecule has 0 aromatic heterocycles. The maximum absolute atomic E-state index is 10.7. The molecule has 5 nitrogen and oxygen atoms in total. The molecule has 2 amide bonds. The number of para-hydroxylation sites is 1. The Hall–Kier alpha value is -1.27. The number of nitrogens with one attached hydrogen (secondary N) is 2. The lowest BCUT2D eigenvalue weighted by Crippen LogP contribution is -2.39. The zero-order chi connectivity index (χ0) is 9.26. The third-order valence-electron chi connectivity index (χ3n) is 1.55. The SMILES string of the molecule is O=C1[N]NN(c2ccccc2Br)N1. The van der Waals surface area contributed by atoms with Crippen LogP contribution >= 0.6 is 15.9 Å². The van der Waals surface area contributed by atoms with Crippen LogP contribution in [0.5, 0.6) is 0 Å². The average Bonchev–Trinajstić information content (AvgIpc) is 2.53. The van der Waals surface area contributed by atoms with Crippen molar-refractivity contribution in [2.75, 3.05) is 5.12 Å². The number of urea groups is 1. The van der Waals surface area contributed by atoms with Crippen LogP contribution in [-0.4, -0.2) is 6.03 Å². The van der Waals surface area contributed by atoms with Gasteiger partial charge in [0.1, 0.15) is 0 Å². The van der Waals surface area contributed by atoms with Crippen LogP contribution in [0.25, 0.3) is 0 Å². The van der Waals surface area contributed by atoms with E-state index in [0.29, 0.717) is 0 Å². The first-order chi connectivity index (χ1) is 6.27. The summed E-state index contributed by atoms with van der Waals surface area (Å²) in [6.07, 6.45) is 0. The number of benzene rings is 1. The summed E-state index contributed by atoms with van der Waals surface area (Å²) in [5, 5.41) is 1.44. The van der Waals surface area contributed by atoms with Crippen LogP contribution in [0.2, 0.25) is 0 Å². The summed E-state index contributed by atoms with van der Waals surface area (Å²) in [5.74, 6) is 0. The Morgan fingerprint density at radius 1 is 1.38 bits per heavy atom. The summed E-state index contributed by atoms with van der Waals surface area (Å²) in [6.45, 7) is 0. The van der Waals surface area contributed by atoms with E-state index in [2.05, 4.69) is 32.3 Å². The Balaban J connectivity index is 2.26. The highest BCUT2D eigenvalue weighted by Gasteiger charge is 2.20. The van der Waals surface area contributed by atoms with Gasteiger partial charge in [-0.25, -0.2) is 10.2 Å². The van der Waals surface area contributed by atoms with Crippen LogP contribution in [0.4, 0.5) is 10.5 Å². The van der Waals surface area contributed by atoms with Crippen LogP contribution in [0, 0.1) is 0 Å². The number of carbonyl (C=O) groups is 1. The van der Waals surface area contributed by atoms with E-state index in [0.717, 1.165) is 10.2 Å². The topological polar surface area (TPSA) is 58.5 Å². The molecule has 1 aliphatic rings. The van der Waals surface area contributed by atoms with Gasteiger partial charge in [0.05, 0.1) is 5.69 Å². The quantitative estimate of drug-likeness (QED) is 0.769. The summed E-state index contributed by atoms with van der Waals surface area (Å²) in [7, 11) is 0. The van der Waals surface area contributed by atoms with Crippen molar-refractivity contribution in [3.8, 4) is 0 Å². The van der Waals surface area contributed by atoms with Gasteiger partial charge in [0.25, 0.3) is 0 Å². The smallest absolute Gasteiger partial charge is 0.243 e. The zero-order valence-corrected chi connectivity index (χ0v) is 8.08. The molecule has 1 radical (unpaired) electrons. The van der Waals surface area contributed by atoms with E-state index in [1.807, 2.05) is 24.3 Å². The molecule has 1 fully saturated rings. The molecule has 0 aliphatic carbocycles. The highest BCUT2D eigenvalue weighted by atomic mass is 79.9. The minimum atomic E-state index is -0.407. The fourth-order valence-corrected chi connectivity index (χ4v) is 1.45. The number of rotatable bonds is 1. The molecule has 2 rings (SSSR count). The molecule has 0 unspecified atom stereocenters. The Kier molecular flexibility index (Phi) is 2.07. The molecular formula is C7H6BrN4O. The number of halogens is 1. The maximum Gasteiger partial charge on any atom is 0.374 e. The standard InChI is InChI=1S/C7H6BrN4O/c8-5-3-1-2-4-6(5)12-10-7(13)9-11-12/h1-4,11H,(H,10,13). The van der Waals surface area contributed by atoms with Gasteiger partial charge in [0, 0.05) is 4.47 Å². The van der Waals surface area contributed by atoms with Gasteiger partial charge in [-0.2, -0.15) is 5.12 Å². The van der Waals surface area contributed by atoms with Gasteiger partial charge in [-0.3, -0.25) is 0 Å². The molecule has 6 heteroatoms. The second-order valence-corrected chi connectivity index (χ2v) is 3.27. The highest BCUT2D eigenvalue weighted by molar-refractivity contribution is 9.10. The van der Waals surface area contributed by atoms with Gasteiger partial charge < -0.3 is 0 Å². The number of anilines is 1. The summed E-state index contributed by atoms with van der Waals surface area (Å²) in [6, 6.07) is 7.07. The molecule has 0 atom stereocenters. The second kappa shape index (κ2) is 3.23. The van der Waals surface area contributed by atoms with Crippen molar-refractivity contribution in [2.24, 2.45) is 0 Å². The van der Waals surface area contributed by atoms with Crippen molar-refractivity contribution in [2.45, 2.75) is 0 Å². The Bertz CT molecular complexity index is 343. The van der Waals surface area contributed by atoms with Crippen molar-refractivity contribution in [1.29, 1.82) is 0 Å². The number of hydrazine groups is 2. The van der Waals surface area contributed by atoms with E-state index in [9.17, 15) is 4.79 Å². The van der Waals surface area contributed by atoms with Crippen LogP contribution in [0.3, 0.4) is 0 Å². The van der Waals surface area contributed by atoms with Crippen LogP contribution in [0.15, 0.2) is 28.7 Å². The molecule has 0 spiro atoms. The lowest BCUT2D eigenvalue weighted by molar-refractivity contribution is 0.246. The monoisotopic (exact) mass is 241 g/mol. The van der Waals surface area contributed by atoms with Gasteiger partial charge in [0.15, 0.2) is 0 Å². The lowest BCUT2D eigenvalue weighted by Gasteiger charge is -2.15. The Morgan fingerprint density at radius 2 is 2.15 bits per heavy atom. The van der Waals surface area contributed by atoms with Crippen molar-refractivity contribution in [3.05, 3.63) is 28.7 Å². The van der Waals surface area contributed by atoms with E-state index < -0.39 is 6.03 Å². The van der Waals surface area contributed by atoms with Crippen LogP contribution in [-0.2, 0) is 0 Å². The maximum atomic E-state index is 10.7. The predicted molar refractivity (Wildman–Crippen MR) is 50.4 cm³/mol. The van der Waals surface area contributed by atoms with Crippen LogP contribution < -0.4 is 21.5 Å². The van der Waals surface area contributed by atoms with Crippen molar-refractivity contribution >= 4 is 27.6 Å². The van der Waals surface area contributed by atoms with Gasteiger partial charge in [-0.15, -0.1) is 5.43 Å². The number of hydrogen-bond donors (Lipinski definition) is 2. The number of amides is 2. The van der Waals surface area contributed by atoms with Crippen molar-refractivity contribution in [1.82, 2.24) is 16.4 Å². The minimum Gasteiger partial charge on any atom is -0.243 e. The molecule has 67 valence electrons. The van der Waals surface area contributed by atoms with E-state index in [-0.39, 0.29) is 0 Å². The van der Waals surface area contributed by atoms with Crippen LogP contribution in [0.1, 0.15) is 0 Å². The number of carbonyl (C=O) groups excluding carboxylic acids is 1. The summed E-state index contributed by atoms with van der Waals surface area (Å²) in [5.41, 5.74) is 9.27. The third-order valence-corrected chi connectivity index (χ3v) is 2.22. The number of hydrogen-bond acceptors (Lipinski definition) is 3. The molecule has 1 heterocycles. The van der Waals surface area contributed by atoms with Gasteiger partial charge in [-0.1, -0.05) is 17.7 Å². The summed E-state index contributed by atoms with van der Waals surface area (Å²) in [4.78, 5) is 10.7. The Morgan fingerprint density at radius 3 is 2.77 bits per heavy atom. The first kappa shape index (κ1) is 8.33. The fourth-order valence-electron chi connectivity index (χ4n) is 0.988. The average molecular weight is 242 g/mol. The van der Waals surface area contributed by atoms with Gasteiger partial charge >= 0.3 is 6.03 Å². The molecule has 1 aromatic carbocycles. The first-order valence-corrected chi connectivity index (χ1v) is 4.38. The van der Waals surface area contributed by atoms with E-state index >= 15 is 0 Å². The molecule has 1 saturated heterocycles. The van der Waals surface area contributed by atoms with Crippen molar-refractivity contribution < 1.29 is 4.79 Å². The molecule has 1 aliphatic heterocycles. The fraction of sp³-hybridized carbons (Fsp3) is 0. The molecular weight excluding hydrogens is 236 g/mol. The molecule has 0 saturated carbocycles. The third kappa shape index (κ3) is 1.58. The molecule has 2 N–H and O–H groups in total. The Labute approximate surface area is 83.1 Å². The minimum absolute atomic E-state index is 0.407. The largest absolute Gasteiger partial charge is 0.374 e. The highest BCUT2D eigenvalue weighted by Crippen LogP contribution is 2.23.